The Morgan fingerprint density at radius 3 is 3.00 bits per heavy atom. The summed E-state index contributed by atoms with van der Waals surface area (Å²) >= 11 is 0. The van der Waals surface area contributed by atoms with Gasteiger partial charge in [-0.25, -0.2) is 4.98 Å². The molecule has 1 aromatic heterocycles. The van der Waals surface area contributed by atoms with E-state index in [2.05, 4.69) is 34.7 Å². The van der Waals surface area contributed by atoms with E-state index in [1.165, 1.54) is 16.7 Å². The Hall–Kier alpha value is -2.10. The molecule has 1 saturated carbocycles. The Morgan fingerprint density at radius 1 is 1.48 bits per heavy atom. The first kappa shape index (κ1) is 13.9. The van der Waals surface area contributed by atoms with Gasteiger partial charge in [-0.05, 0) is 42.9 Å². The zero-order valence-corrected chi connectivity index (χ0v) is 12.5. The van der Waals surface area contributed by atoms with Gasteiger partial charge >= 0.3 is 5.97 Å². The highest BCUT2D eigenvalue weighted by atomic mass is 16.5. The summed E-state index contributed by atoms with van der Waals surface area (Å²) in [4.78, 5) is 15.8. The predicted molar refractivity (Wildman–Crippen MR) is 80.0 cm³/mol. The van der Waals surface area contributed by atoms with Crippen LogP contribution in [0.3, 0.4) is 0 Å². The van der Waals surface area contributed by atoms with Crippen LogP contribution in [0.1, 0.15) is 36.0 Å². The predicted octanol–water partition coefficient (Wildman–Crippen LogP) is 2.91. The highest BCUT2D eigenvalue weighted by Crippen LogP contribution is 2.48. The van der Waals surface area contributed by atoms with Crippen LogP contribution in [-0.2, 0) is 16.1 Å². The molecule has 1 aliphatic carbocycles. The number of aromatic nitrogens is 2. The Bertz CT molecular complexity index is 634. The van der Waals surface area contributed by atoms with Crippen LogP contribution in [0.4, 0.5) is 0 Å². The minimum Gasteiger partial charge on any atom is -0.466 e. The van der Waals surface area contributed by atoms with Crippen molar-refractivity contribution >= 4 is 5.97 Å². The van der Waals surface area contributed by atoms with E-state index in [9.17, 15) is 4.79 Å². The quantitative estimate of drug-likeness (QED) is 0.793. The zero-order valence-electron chi connectivity index (χ0n) is 12.5. The minimum atomic E-state index is -0.0531. The summed E-state index contributed by atoms with van der Waals surface area (Å²) in [5, 5.41) is 0. The van der Waals surface area contributed by atoms with Crippen LogP contribution >= 0.6 is 0 Å². The fraction of sp³-hybridized carbons (Fsp3) is 0.412. The van der Waals surface area contributed by atoms with Gasteiger partial charge in [0.2, 0.25) is 0 Å². The van der Waals surface area contributed by atoms with Gasteiger partial charge in [-0.1, -0.05) is 18.2 Å². The summed E-state index contributed by atoms with van der Waals surface area (Å²) in [6.07, 6.45) is 6.49. The Labute approximate surface area is 124 Å². The van der Waals surface area contributed by atoms with Crippen molar-refractivity contribution in [3.05, 3.63) is 53.6 Å². The van der Waals surface area contributed by atoms with Gasteiger partial charge in [0.05, 0.1) is 18.9 Å². The van der Waals surface area contributed by atoms with E-state index in [-0.39, 0.29) is 11.9 Å². The fourth-order valence-corrected chi connectivity index (χ4v) is 2.78. The van der Waals surface area contributed by atoms with Crippen LogP contribution in [0, 0.1) is 12.8 Å². The maximum atomic E-state index is 11.7. The molecule has 4 nitrogen and oxygen atoms in total. The lowest BCUT2D eigenvalue weighted by atomic mass is 10.0. The molecule has 0 amide bonds. The third-order valence-electron chi connectivity index (χ3n) is 4.09. The van der Waals surface area contributed by atoms with Crippen LogP contribution in [0.25, 0.3) is 0 Å². The van der Waals surface area contributed by atoms with Crippen molar-refractivity contribution in [3.63, 3.8) is 0 Å². The number of esters is 1. The lowest BCUT2D eigenvalue weighted by molar-refractivity contribution is -0.144. The first-order chi connectivity index (χ1) is 10.2. The molecule has 1 aliphatic rings. The Balaban J connectivity index is 1.69. The number of benzene rings is 1. The average molecular weight is 284 g/mol. The van der Waals surface area contributed by atoms with E-state index in [0.29, 0.717) is 12.5 Å². The molecule has 1 fully saturated rings. The van der Waals surface area contributed by atoms with E-state index >= 15 is 0 Å². The molecular weight excluding hydrogens is 264 g/mol. The van der Waals surface area contributed by atoms with E-state index < -0.39 is 0 Å². The number of hydrogen-bond donors (Lipinski definition) is 0. The fourth-order valence-electron chi connectivity index (χ4n) is 2.78. The lowest BCUT2D eigenvalue weighted by Gasteiger charge is -2.09. The number of aryl methyl sites for hydroxylation is 1. The molecule has 0 spiro atoms. The van der Waals surface area contributed by atoms with Crippen molar-refractivity contribution in [2.75, 3.05) is 6.61 Å². The molecule has 110 valence electrons. The van der Waals surface area contributed by atoms with E-state index in [4.69, 9.17) is 4.74 Å². The maximum Gasteiger partial charge on any atom is 0.309 e. The Morgan fingerprint density at radius 2 is 2.33 bits per heavy atom. The van der Waals surface area contributed by atoms with Gasteiger partial charge < -0.3 is 9.30 Å². The summed E-state index contributed by atoms with van der Waals surface area (Å²) in [5.74, 6) is 0.344. The number of rotatable bonds is 5. The van der Waals surface area contributed by atoms with Gasteiger partial charge in [0.25, 0.3) is 0 Å². The number of ether oxygens (including phenoxy) is 1. The number of carbonyl (C=O) groups is 1. The van der Waals surface area contributed by atoms with Gasteiger partial charge in [-0.15, -0.1) is 0 Å². The van der Waals surface area contributed by atoms with Crippen molar-refractivity contribution in [1.82, 2.24) is 9.55 Å². The van der Waals surface area contributed by atoms with E-state index in [1.54, 1.807) is 6.20 Å². The third-order valence-corrected chi connectivity index (χ3v) is 4.09. The van der Waals surface area contributed by atoms with E-state index in [1.807, 2.05) is 19.4 Å². The number of imidazole rings is 1. The molecule has 0 N–H and O–H groups in total. The molecule has 0 radical (unpaired) electrons. The van der Waals surface area contributed by atoms with Crippen molar-refractivity contribution < 1.29 is 9.53 Å². The van der Waals surface area contributed by atoms with Crippen LogP contribution in [0.15, 0.2) is 36.9 Å². The van der Waals surface area contributed by atoms with Crippen molar-refractivity contribution in [2.45, 2.75) is 32.7 Å². The molecule has 0 aliphatic heterocycles. The Kier molecular flexibility index (Phi) is 3.78. The van der Waals surface area contributed by atoms with Gasteiger partial charge in [-0.2, -0.15) is 0 Å². The molecular formula is C17H20N2O2. The van der Waals surface area contributed by atoms with Crippen LogP contribution in [0.2, 0.25) is 0 Å². The molecule has 2 aromatic rings. The topological polar surface area (TPSA) is 44.1 Å². The molecule has 1 heterocycles. The molecule has 0 saturated heterocycles. The standard InChI is InChI=1S/C17H20N2O2/c1-3-21-17(20)16-9-15(16)13-4-5-14(12(2)8-13)10-19-7-6-18-11-19/h4-8,11,15-16H,3,9-10H2,1-2H3. The van der Waals surface area contributed by atoms with Gasteiger partial charge in [0, 0.05) is 18.9 Å². The summed E-state index contributed by atoms with van der Waals surface area (Å²) in [7, 11) is 0. The van der Waals surface area contributed by atoms with Gasteiger partial charge in [-0.3, -0.25) is 4.79 Å². The molecule has 2 unspecified atom stereocenters. The van der Waals surface area contributed by atoms with E-state index in [0.717, 1.165) is 13.0 Å². The second-order valence-corrected chi connectivity index (χ2v) is 5.62. The largest absolute Gasteiger partial charge is 0.466 e. The number of hydrogen-bond acceptors (Lipinski definition) is 3. The summed E-state index contributed by atoms with van der Waals surface area (Å²) in [6.45, 7) is 5.27. The normalized spacial score (nSPS) is 20.3. The first-order valence-corrected chi connectivity index (χ1v) is 7.41. The first-order valence-electron chi connectivity index (χ1n) is 7.41. The maximum absolute atomic E-state index is 11.7. The summed E-state index contributed by atoms with van der Waals surface area (Å²) in [6, 6.07) is 6.50. The lowest BCUT2D eigenvalue weighted by Crippen LogP contribution is -2.07. The summed E-state index contributed by atoms with van der Waals surface area (Å²) in [5.41, 5.74) is 3.79. The van der Waals surface area contributed by atoms with Crippen LogP contribution < -0.4 is 0 Å². The molecule has 1 aromatic carbocycles. The average Bonchev–Trinajstić information content (AvgIpc) is 3.11. The van der Waals surface area contributed by atoms with Crippen molar-refractivity contribution in [3.8, 4) is 0 Å². The van der Waals surface area contributed by atoms with Crippen molar-refractivity contribution in [1.29, 1.82) is 0 Å². The van der Waals surface area contributed by atoms with Gasteiger partial charge in [0.15, 0.2) is 0 Å². The minimum absolute atomic E-state index is 0.0531. The second-order valence-electron chi connectivity index (χ2n) is 5.62. The molecule has 4 heteroatoms. The molecule has 3 rings (SSSR count). The smallest absolute Gasteiger partial charge is 0.309 e. The zero-order chi connectivity index (χ0) is 14.8. The van der Waals surface area contributed by atoms with Crippen molar-refractivity contribution in [2.24, 2.45) is 5.92 Å². The van der Waals surface area contributed by atoms with Gasteiger partial charge in [0.1, 0.15) is 0 Å². The molecule has 2 atom stereocenters. The second kappa shape index (κ2) is 5.72. The highest BCUT2D eigenvalue weighted by Gasteiger charge is 2.45. The third kappa shape index (κ3) is 2.99. The number of carbonyl (C=O) groups excluding carboxylic acids is 1. The summed E-state index contributed by atoms with van der Waals surface area (Å²) < 4.78 is 7.15. The monoisotopic (exact) mass is 284 g/mol. The van der Waals surface area contributed by atoms with Crippen LogP contribution in [-0.4, -0.2) is 22.1 Å². The molecule has 21 heavy (non-hydrogen) atoms. The molecule has 0 bridgehead atoms. The highest BCUT2D eigenvalue weighted by molar-refractivity contribution is 5.77. The SMILES string of the molecule is CCOC(=O)C1CC1c1ccc(Cn2ccnc2)c(C)c1. The number of nitrogens with zero attached hydrogens (tertiary/aromatic N) is 2. The van der Waals surface area contributed by atoms with Crippen LogP contribution in [0.5, 0.6) is 0 Å².